The van der Waals surface area contributed by atoms with Gasteiger partial charge < -0.3 is 0 Å². The first-order chi connectivity index (χ1) is 19.9. The van der Waals surface area contributed by atoms with E-state index in [1.54, 1.807) is 35.8 Å². The molecule has 0 amide bonds. The number of aliphatic imine (C=N–C) groups is 1. The zero-order chi connectivity index (χ0) is 28.1. The van der Waals surface area contributed by atoms with E-state index in [0.717, 1.165) is 84.9 Å². The van der Waals surface area contributed by atoms with Gasteiger partial charge in [0.2, 0.25) is 0 Å². The molecule has 0 radical (unpaired) electrons. The summed E-state index contributed by atoms with van der Waals surface area (Å²) >= 11 is 1.12. The van der Waals surface area contributed by atoms with Crippen LogP contribution in [-0.2, 0) is 13.0 Å². The number of alkyl halides is 2. The lowest BCUT2D eigenvalue weighted by molar-refractivity contribution is 0.0115. The van der Waals surface area contributed by atoms with Crippen molar-refractivity contribution in [3.63, 3.8) is 0 Å². The van der Waals surface area contributed by atoms with E-state index in [1.807, 2.05) is 18.2 Å². The summed E-state index contributed by atoms with van der Waals surface area (Å²) in [6.07, 6.45) is 8.64. The number of nitrogens with zero attached hydrogens (tertiary/aromatic N) is 5. The van der Waals surface area contributed by atoms with Crippen molar-refractivity contribution >= 4 is 33.6 Å². The van der Waals surface area contributed by atoms with Crippen LogP contribution in [0.5, 0.6) is 0 Å². The maximum atomic E-state index is 13.8. The standard InChI is InChI=1S/C31H27F3N6S/c1-2-19-10-22-24(27-5-6-28(32)41-27)14-36-15-26(22)37-29(19)30-23-11-20(3-4-25(23)38-39-30)21-9-18(12-35-13-21)16-40-8-7-31(33,34)17-40/h3-6,9,11-15,19H,2,7-8,10,16-17H2,1H3,(H,38,39). The number of pyridine rings is 2. The number of nitrogens with one attached hydrogen (secondary N) is 1. The molecule has 6 heterocycles. The number of fused-ring (bicyclic) bond motifs is 2. The molecule has 4 aromatic heterocycles. The minimum absolute atomic E-state index is 0.100. The summed E-state index contributed by atoms with van der Waals surface area (Å²) in [4.78, 5) is 16.5. The van der Waals surface area contributed by atoms with Gasteiger partial charge in [0, 0.05) is 65.4 Å². The second kappa shape index (κ2) is 10.2. The van der Waals surface area contributed by atoms with Crippen molar-refractivity contribution in [2.45, 2.75) is 38.7 Å². The normalized spacial score (nSPS) is 18.5. The fourth-order valence-electron chi connectivity index (χ4n) is 5.93. The van der Waals surface area contributed by atoms with E-state index < -0.39 is 5.92 Å². The summed E-state index contributed by atoms with van der Waals surface area (Å²) in [5.41, 5.74) is 8.19. The SMILES string of the molecule is CCC1Cc2c(cncc2-c2ccc(F)s2)N=C1c1n[nH]c2ccc(-c3cncc(CN4CCC(F)(F)C4)c3)cc12. The highest BCUT2D eigenvalue weighted by Crippen LogP contribution is 2.40. The average molecular weight is 573 g/mol. The number of aromatic nitrogens is 4. The molecule has 5 aromatic rings. The highest BCUT2D eigenvalue weighted by molar-refractivity contribution is 7.13. The first-order valence-corrected chi connectivity index (χ1v) is 14.5. The van der Waals surface area contributed by atoms with Gasteiger partial charge >= 0.3 is 0 Å². The van der Waals surface area contributed by atoms with Gasteiger partial charge in [-0.05, 0) is 59.9 Å². The molecule has 1 unspecified atom stereocenters. The van der Waals surface area contributed by atoms with Gasteiger partial charge in [0.05, 0.1) is 29.7 Å². The third-order valence-corrected chi connectivity index (χ3v) is 8.94. The average Bonchev–Trinajstić information content (AvgIpc) is 3.69. The lowest BCUT2D eigenvalue weighted by Gasteiger charge is -2.24. The van der Waals surface area contributed by atoms with Crippen LogP contribution in [-0.4, -0.2) is 49.8 Å². The molecular weight excluding hydrogens is 545 g/mol. The van der Waals surface area contributed by atoms with Crippen LogP contribution >= 0.6 is 11.3 Å². The molecule has 0 spiro atoms. The molecule has 10 heteroatoms. The topological polar surface area (TPSA) is 70.1 Å². The Morgan fingerprint density at radius 3 is 2.71 bits per heavy atom. The van der Waals surface area contributed by atoms with Gasteiger partial charge in [-0.25, -0.2) is 13.8 Å². The number of benzene rings is 1. The summed E-state index contributed by atoms with van der Waals surface area (Å²) < 4.78 is 41.2. The van der Waals surface area contributed by atoms with Crippen molar-refractivity contribution in [1.82, 2.24) is 25.1 Å². The summed E-state index contributed by atoms with van der Waals surface area (Å²) in [6, 6.07) is 11.4. The van der Waals surface area contributed by atoms with Gasteiger partial charge in [0.15, 0.2) is 5.13 Å². The Morgan fingerprint density at radius 2 is 1.93 bits per heavy atom. The minimum atomic E-state index is -2.62. The molecule has 0 saturated carbocycles. The van der Waals surface area contributed by atoms with Gasteiger partial charge in [-0.15, -0.1) is 11.3 Å². The number of hydrogen-bond acceptors (Lipinski definition) is 6. The zero-order valence-electron chi connectivity index (χ0n) is 22.4. The van der Waals surface area contributed by atoms with Gasteiger partial charge in [-0.3, -0.25) is 20.0 Å². The Bertz CT molecular complexity index is 1790. The second-order valence-electron chi connectivity index (χ2n) is 10.8. The molecule has 208 valence electrons. The molecule has 1 saturated heterocycles. The molecule has 41 heavy (non-hydrogen) atoms. The fraction of sp³-hybridized carbons (Fsp3) is 0.290. The Labute approximate surface area is 239 Å². The summed E-state index contributed by atoms with van der Waals surface area (Å²) in [5.74, 6) is -2.49. The van der Waals surface area contributed by atoms with E-state index in [2.05, 4.69) is 28.1 Å². The highest BCUT2D eigenvalue weighted by Gasteiger charge is 2.38. The van der Waals surface area contributed by atoms with E-state index in [-0.39, 0.29) is 24.0 Å². The predicted octanol–water partition coefficient (Wildman–Crippen LogP) is 7.43. The van der Waals surface area contributed by atoms with Crippen molar-refractivity contribution in [3.05, 3.63) is 83.1 Å². The lowest BCUT2D eigenvalue weighted by Crippen LogP contribution is -2.24. The van der Waals surface area contributed by atoms with Crippen LogP contribution in [0, 0.1) is 11.0 Å². The van der Waals surface area contributed by atoms with E-state index in [9.17, 15) is 13.2 Å². The van der Waals surface area contributed by atoms with Crippen LogP contribution in [0.25, 0.3) is 32.5 Å². The minimum Gasteiger partial charge on any atom is -0.293 e. The molecular formula is C31H27F3N6S. The summed E-state index contributed by atoms with van der Waals surface area (Å²) in [7, 11) is 0. The highest BCUT2D eigenvalue weighted by atomic mass is 32.1. The quantitative estimate of drug-likeness (QED) is 0.230. The van der Waals surface area contributed by atoms with E-state index in [0.29, 0.717) is 13.1 Å². The molecule has 0 bridgehead atoms. The maximum absolute atomic E-state index is 13.8. The van der Waals surface area contributed by atoms with Gasteiger partial charge in [0.1, 0.15) is 5.69 Å². The first-order valence-electron chi connectivity index (χ1n) is 13.7. The molecule has 2 aliphatic rings. The molecule has 2 aliphatic heterocycles. The van der Waals surface area contributed by atoms with Crippen molar-refractivity contribution in [3.8, 4) is 21.6 Å². The summed E-state index contributed by atoms with van der Waals surface area (Å²) in [5, 5.41) is 8.59. The maximum Gasteiger partial charge on any atom is 0.261 e. The third-order valence-electron chi connectivity index (χ3n) is 8.03. The monoisotopic (exact) mass is 572 g/mol. The molecule has 7 rings (SSSR count). The number of rotatable bonds is 6. The second-order valence-corrected chi connectivity index (χ2v) is 11.9. The van der Waals surface area contributed by atoms with E-state index in [1.165, 1.54) is 6.07 Å². The number of halogens is 3. The largest absolute Gasteiger partial charge is 0.293 e. The molecule has 0 aliphatic carbocycles. The van der Waals surface area contributed by atoms with E-state index in [4.69, 9.17) is 10.1 Å². The first kappa shape index (κ1) is 26.0. The van der Waals surface area contributed by atoms with Crippen molar-refractivity contribution in [2.24, 2.45) is 10.9 Å². The van der Waals surface area contributed by atoms with Gasteiger partial charge in [0.25, 0.3) is 5.92 Å². The predicted molar refractivity (Wildman–Crippen MR) is 155 cm³/mol. The van der Waals surface area contributed by atoms with Crippen molar-refractivity contribution in [1.29, 1.82) is 0 Å². The van der Waals surface area contributed by atoms with Crippen LogP contribution in [0.3, 0.4) is 0 Å². The smallest absolute Gasteiger partial charge is 0.261 e. The van der Waals surface area contributed by atoms with E-state index >= 15 is 0 Å². The van der Waals surface area contributed by atoms with Gasteiger partial charge in [-0.2, -0.15) is 9.49 Å². The Morgan fingerprint density at radius 1 is 1.05 bits per heavy atom. The van der Waals surface area contributed by atoms with Crippen LogP contribution in [0.15, 0.2) is 66.2 Å². The number of hydrogen-bond donors (Lipinski definition) is 1. The molecule has 1 N–H and O–H groups in total. The zero-order valence-corrected chi connectivity index (χ0v) is 23.2. The molecule has 1 aromatic carbocycles. The Kier molecular flexibility index (Phi) is 6.47. The number of aromatic amines is 1. The van der Waals surface area contributed by atoms with Crippen molar-refractivity contribution < 1.29 is 13.2 Å². The van der Waals surface area contributed by atoms with Crippen LogP contribution in [0.2, 0.25) is 0 Å². The Hall–Kier alpha value is -3.89. The fourth-order valence-corrected chi connectivity index (χ4v) is 6.70. The Balaban J connectivity index is 1.24. The number of thiophene rings is 1. The summed E-state index contributed by atoms with van der Waals surface area (Å²) in [6.45, 7) is 2.75. The molecule has 6 nitrogen and oxygen atoms in total. The number of likely N-dealkylation sites (tertiary alicyclic amines) is 1. The third kappa shape index (κ3) is 4.95. The molecule has 1 fully saturated rings. The van der Waals surface area contributed by atoms with Crippen LogP contribution < -0.4 is 0 Å². The number of H-pyrrole nitrogens is 1. The van der Waals surface area contributed by atoms with Crippen LogP contribution in [0.1, 0.15) is 36.6 Å². The van der Waals surface area contributed by atoms with Crippen molar-refractivity contribution in [2.75, 3.05) is 13.1 Å². The lowest BCUT2D eigenvalue weighted by atomic mass is 9.85. The van der Waals surface area contributed by atoms with Gasteiger partial charge in [-0.1, -0.05) is 13.0 Å². The molecule has 1 atom stereocenters. The van der Waals surface area contributed by atoms with Crippen LogP contribution in [0.4, 0.5) is 18.9 Å².